The summed E-state index contributed by atoms with van der Waals surface area (Å²) in [5, 5.41) is 2.92. The van der Waals surface area contributed by atoms with Crippen molar-refractivity contribution in [1.29, 1.82) is 0 Å². The van der Waals surface area contributed by atoms with Crippen LogP contribution < -0.4 is 19.1 Å². The van der Waals surface area contributed by atoms with Crippen LogP contribution >= 0.6 is 0 Å². The zero-order chi connectivity index (χ0) is 33.4. The molecule has 0 radical (unpaired) electrons. The minimum atomic E-state index is -4.30. The molecule has 246 valence electrons. The van der Waals surface area contributed by atoms with E-state index in [1.165, 1.54) is 35.2 Å². The number of anilines is 1. The van der Waals surface area contributed by atoms with Crippen molar-refractivity contribution in [3.05, 3.63) is 120 Å². The fraction of sp³-hybridized carbons (Fsp3) is 0.278. The second kappa shape index (κ2) is 15.1. The minimum Gasteiger partial charge on any atom is -0.486 e. The van der Waals surface area contributed by atoms with E-state index in [-0.39, 0.29) is 41.6 Å². The van der Waals surface area contributed by atoms with Gasteiger partial charge in [0.15, 0.2) is 11.5 Å². The van der Waals surface area contributed by atoms with E-state index in [2.05, 4.69) is 5.32 Å². The van der Waals surface area contributed by atoms with Crippen molar-refractivity contribution < 1.29 is 31.9 Å². The first-order valence-electron chi connectivity index (χ1n) is 15.5. The highest BCUT2D eigenvalue weighted by molar-refractivity contribution is 7.92. The van der Waals surface area contributed by atoms with Gasteiger partial charge in [-0.05, 0) is 41.8 Å². The van der Waals surface area contributed by atoms with Gasteiger partial charge in [-0.1, -0.05) is 80.6 Å². The predicted molar refractivity (Wildman–Crippen MR) is 177 cm³/mol. The average Bonchev–Trinajstić information content (AvgIpc) is 3.08. The number of carbonyl (C=O) groups is 2. The Labute approximate surface area is 275 Å². The van der Waals surface area contributed by atoms with Crippen LogP contribution in [0.4, 0.5) is 10.1 Å². The van der Waals surface area contributed by atoms with Crippen molar-refractivity contribution in [1.82, 2.24) is 10.2 Å². The Kier molecular flexibility index (Phi) is 10.8. The number of ether oxygens (including phenoxy) is 2. The van der Waals surface area contributed by atoms with Crippen LogP contribution in [0.25, 0.3) is 0 Å². The average molecular weight is 660 g/mol. The molecule has 4 aromatic carbocycles. The molecular formula is C36H38FN3O6S. The number of carbonyl (C=O) groups excluding carboxylic acids is 2. The van der Waals surface area contributed by atoms with Gasteiger partial charge in [-0.2, -0.15) is 0 Å². The second-order valence-electron chi connectivity index (χ2n) is 11.6. The fourth-order valence-electron chi connectivity index (χ4n) is 5.22. The van der Waals surface area contributed by atoms with E-state index < -0.39 is 40.2 Å². The van der Waals surface area contributed by atoms with Crippen LogP contribution in [0.15, 0.2) is 108 Å². The Balaban J connectivity index is 1.58. The number of sulfonamides is 1. The molecule has 11 heteroatoms. The smallest absolute Gasteiger partial charge is 0.264 e. The first-order valence-corrected chi connectivity index (χ1v) is 16.9. The number of benzene rings is 4. The van der Waals surface area contributed by atoms with E-state index in [1.807, 2.05) is 44.2 Å². The van der Waals surface area contributed by atoms with Gasteiger partial charge in [-0.15, -0.1) is 0 Å². The van der Waals surface area contributed by atoms with E-state index in [0.29, 0.717) is 24.7 Å². The lowest BCUT2D eigenvalue weighted by Gasteiger charge is -2.34. The molecule has 0 saturated carbocycles. The van der Waals surface area contributed by atoms with Gasteiger partial charge in [0.2, 0.25) is 11.8 Å². The van der Waals surface area contributed by atoms with Crippen LogP contribution in [0.5, 0.6) is 11.5 Å². The molecule has 1 heterocycles. The van der Waals surface area contributed by atoms with Gasteiger partial charge in [0.25, 0.3) is 10.0 Å². The lowest BCUT2D eigenvalue weighted by molar-refractivity contribution is -0.140. The van der Waals surface area contributed by atoms with E-state index >= 15 is 4.39 Å². The summed E-state index contributed by atoms with van der Waals surface area (Å²) < 4.78 is 55.8. The molecule has 2 amide bonds. The van der Waals surface area contributed by atoms with Crippen LogP contribution in [-0.4, -0.2) is 57.5 Å². The first-order chi connectivity index (χ1) is 22.6. The number of amides is 2. The van der Waals surface area contributed by atoms with Gasteiger partial charge in [0, 0.05) is 31.1 Å². The van der Waals surface area contributed by atoms with Gasteiger partial charge in [-0.25, -0.2) is 12.8 Å². The maximum absolute atomic E-state index is 15.1. The summed E-state index contributed by atoms with van der Waals surface area (Å²) in [4.78, 5) is 29.6. The van der Waals surface area contributed by atoms with Crippen LogP contribution in [0.3, 0.4) is 0 Å². The Morgan fingerprint density at radius 3 is 2.17 bits per heavy atom. The third-order valence-electron chi connectivity index (χ3n) is 7.68. The summed E-state index contributed by atoms with van der Waals surface area (Å²) in [6.45, 7) is 3.96. The Hall–Kier alpha value is -4.90. The fourth-order valence-corrected chi connectivity index (χ4v) is 6.65. The lowest BCUT2D eigenvalue weighted by atomic mass is 10.0. The van der Waals surface area contributed by atoms with Crippen molar-refractivity contribution in [2.75, 3.05) is 30.6 Å². The third kappa shape index (κ3) is 8.28. The van der Waals surface area contributed by atoms with E-state index in [4.69, 9.17) is 9.47 Å². The highest BCUT2D eigenvalue weighted by Gasteiger charge is 2.35. The molecule has 0 aliphatic carbocycles. The Morgan fingerprint density at radius 1 is 0.851 bits per heavy atom. The molecule has 1 aliphatic heterocycles. The van der Waals surface area contributed by atoms with Crippen molar-refractivity contribution in [3.63, 3.8) is 0 Å². The van der Waals surface area contributed by atoms with Crippen LogP contribution in [0.1, 0.15) is 25.0 Å². The standard InChI is InChI=1S/C36H38FN3O6S/c1-26(2)23-38-36(42)32(21-27-11-5-3-6-12-27)39(24-28-13-9-10-16-31(28)37)35(41)25-40(47(43,44)30-14-7-4-8-15-30)29-17-18-33-34(22-29)46-20-19-45-33/h3-18,22,26,32H,19-21,23-25H2,1-2H3,(H,38,42)/t32-/m0/s1. The number of rotatable bonds is 13. The molecule has 4 aromatic rings. The summed E-state index contributed by atoms with van der Waals surface area (Å²) in [6.07, 6.45) is 0.125. The van der Waals surface area contributed by atoms with Gasteiger partial charge < -0.3 is 19.7 Å². The number of hydrogen-bond acceptors (Lipinski definition) is 6. The Bertz CT molecular complexity index is 1790. The number of hydrogen-bond donors (Lipinski definition) is 1. The van der Waals surface area contributed by atoms with Crippen molar-refractivity contribution >= 4 is 27.5 Å². The van der Waals surface area contributed by atoms with E-state index in [9.17, 15) is 18.0 Å². The van der Waals surface area contributed by atoms with Crippen LogP contribution in [-0.2, 0) is 32.6 Å². The molecule has 0 spiro atoms. The molecule has 9 nitrogen and oxygen atoms in total. The molecule has 0 unspecified atom stereocenters. The molecule has 0 saturated heterocycles. The van der Waals surface area contributed by atoms with Crippen molar-refractivity contribution in [2.24, 2.45) is 5.92 Å². The maximum atomic E-state index is 15.1. The zero-order valence-corrected chi connectivity index (χ0v) is 27.2. The van der Waals surface area contributed by atoms with Crippen molar-refractivity contribution in [3.8, 4) is 11.5 Å². The van der Waals surface area contributed by atoms with Crippen LogP contribution in [0.2, 0.25) is 0 Å². The zero-order valence-electron chi connectivity index (χ0n) is 26.3. The largest absolute Gasteiger partial charge is 0.486 e. The quantitative estimate of drug-likeness (QED) is 0.212. The summed E-state index contributed by atoms with van der Waals surface area (Å²) in [6, 6.07) is 26.5. The Morgan fingerprint density at radius 2 is 1.49 bits per heavy atom. The number of fused-ring (bicyclic) bond motifs is 1. The van der Waals surface area contributed by atoms with Gasteiger partial charge in [0.1, 0.15) is 31.6 Å². The SMILES string of the molecule is CC(C)CNC(=O)[C@H](Cc1ccccc1)N(Cc1ccccc1F)C(=O)CN(c1ccc2c(c1)OCCO2)S(=O)(=O)c1ccccc1. The molecule has 1 atom stereocenters. The molecule has 1 aliphatic rings. The first kappa shape index (κ1) is 33.5. The topological polar surface area (TPSA) is 105 Å². The van der Waals surface area contributed by atoms with E-state index in [1.54, 1.807) is 42.5 Å². The number of nitrogens with one attached hydrogen (secondary N) is 1. The number of nitrogens with zero attached hydrogens (tertiary/aromatic N) is 2. The van der Waals surface area contributed by atoms with Crippen molar-refractivity contribution in [2.45, 2.75) is 37.8 Å². The predicted octanol–water partition coefficient (Wildman–Crippen LogP) is 5.20. The molecule has 5 rings (SSSR count). The highest BCUT2D eigenvalue weighted by atomic mass is 32.2. The number of halogens is 1. The molecule has 0 fully saturated rings. The normalized spacial score (nSPS) is 13.1. The monoisotopic (exact) mass is 659 g/mol. The van der Waals surface area contributed by atoms with Gasteiger partial charge in [-0.3, -0.25) is 13.9 Å². The van der Waals surface area contributed by atoms with Gasteiger partial charge in [0.05, 0.1) is 10.6 Å². The highest BCUT2D eigenvalue weighted by Crippen LogP contribution is 2.36. The summed E-state index contributed by atoms with van der Waals surface area (Å²) in [5.74, 6) is -0.741. The molecule has 1 N–H and O–H groups in total. The molecular weight excluding hydrogens is 621 g/mol. The summed E-state index contributed by atoms with van der Waals surface area (Å²) in [5.41, 5.74) is 1.14. The summed E-state index contributed by atoms with van der Waals surface area (Å²) in [7, 11) is -4.30. The molecule has 47 heavy (non-hydrogen) atoms. The van der Waals surface area contributed by atoms with Gasteiger partial charge >= 0.3 is 0 Å². The van der Waals surface area contributed by atoms with E-state index in [0.717, 1.165) is 9.87 Å². The summed E-state index contributed by atoms with van der Waals surface area (Å²) >= 11 is 0. The second-order valence-corrected chi connectivity index (χ2v) is 13.5. The molecule has 0 bridgehead atoms. The van der Waals surface area contributed by atoms with Crippen LogP contribution in [0, 0.1) is 11.7 Å². The minimum absolute atomic E-state index is 0.0288. The third-order valence-corrected chi connectivity index (χ3v) is 9.47. The maximum Gasteiger partial charge on any atom is 0.264 e. The lowest BCUT2D eigenvalue weighted by Crippen LogP contribution is -2.53. The molecule has 0 aromatic heterocycles.